The molecule has 5 rings (SSSR count). The van der Waals surface area contributed by atoms with E-state index in [0.29, 0.717) is 16.2 Å². The Morgan fingerprint density at radius 1 is 0.950 bits per heavy atom. The standard InChI is InChI=1S/C19H30O/c1-17-7-3-4-14(17)13-10-16(20)19-11-12(19)5-9-18(19,2)15(13)6-8-17/h12-16,20H,3-11H2,1-2H3/t12-,13-,14-,15-,16+,17-,18+,19-/m0/s1. The third-order valence-electron chi connectivity index (χ3n) is 9.35. The molecule has 112 valence electrons. The van der Waals surface area contributed by atoms with Gasteiger partial charge in [0.2, 0.25) is 0 Å². The minimum Gasteiger partial charge on any atom is -0.393 e. The van der Waals surface area contributed by atoms with Gasteiger partial charge in [-0.25, -0.2) is 0 Å². The predicted octanol–water partition coefficient (Wildman–Crippen LogP) is 4.39. The monoisotopic (exact) mass is 274 g/mol. The van der Waals surface area contributed by atoms with Crippen LogP contribution < -0.4 is 0 Å². The summed E-state index contributed by atoms with van der Waals surface area (Å²) in [5, 5.41) is 11.0. The minimum absolute atomic E-state index is 0.0317. The van der Waals surface area contributed by atoms with Crippen LogP contribution in [0.3, 0.4) is 0 Å². The van der Waals surface area contributed by atoms with Crippen molar-refractivity contribution in [3.8, 4) is 0 Å². The van der Waals surface area contributed by atoms with Crippen molar-refractivity contribution in [2.45, 2.75) is 77.7 Å². The Morgan fingerprint density at radius 3 is 2.60 bits per heavy atom. The van der Waals surface area contributed by atoms with Crippen molar-refractivity contribution >= 4 is 0 Å². The molecule has 1 heteroatoms. The Labute approximate surface area is 123 Å². The van der Waals surface area contributed by atoms with Crippen molar-refractivity contribution in [1.82, 2.24) is 0 Å². The fraction of sp³-hybridized carbons (Fsp3) is 1.00. The van der Waals surface area contributed by atoms with Crippen LogP contribution >= 0.6 is 0 Å². The molecule has 0 radical (unpaired) electrons. The Bertz CT molecular complexity index is 459. The highest BCUT2D eigenvalue weighted by Gasteiger charge is 2.76. The zero-order valence-corrected chi connectivity index (χ0v) is 13.2. The Hall–Kier alpha value is -0.0400. The largest absolute Gasteiger partial charge is 0.393 e. The van der Waals surface area contributed by atoms with Crippen LogP contribution in [0.15, 0.2) is 0 Å². The van der Waals surface area contributed by atoms with E-state index in [-0.39, 0.29) is 6.10 Å². The average molecular weight is 274 g/mol. The number of hydrogen-bond acceptors (Lipinski definition) is 1. The van der Waals surface area contributed by atoms with Crippen LogP contribution in [0.25, 0.3) is 0 Å². The van der Waals surface area contributed by atoms with Gasteiger partial charge >= 0.3 is 0 Å². The van der Waals surface area contributed by atoms with E-state index in [1.54, 1.807) is 0 Å². The van der Waals surface area contributed by atoms with Crippen LogP contribution in [0.1, 0.15) is 71.6 Å². The molecule has 20 heavy (non-hydrogen) atoms. The molecule has 0 heterocycles. The van der Waals surface area contributed by atoms with Crippen molar-refractivity contribution in [3.05, 3.63) is 0 Å². The van der Waals surface area contributed by atoms with Crippen molar-refractivity contribution in [3.63, 3.8) is 0 Å². The summed E-state index contributed by atoms with van der Waals surface area (Å²) in [4.78, 5) is 0. The van der Waals surface area contributed by atoms with E-state index in [4.69, 9.17) is 0 Å². The van der Waals surface area contributed by atoms with E-state index in [0.717, 1.165) is 30.1 Å². The zero-order chi connectivity index (χ0) is 13.8. The molecular formula is C19H30O. The highest BCUT2D eigenvalue weighted by Crippen LogP contribution is 2.81. The number of aliphatic hydroxyl groups excluding tert-OH is 1. The maximum absolute atomic E-state index is 11.0. The molecule has 1 nitrogen and oxygen atoms in total. The fourth-order valence-electron chi connectivity index (χ4n) is 8.30. The quantitative estimate of drug-likeness (QED) is 0.694. The lowest BCUT2D eigenvalue weighted by atomic mass is 9.46. The summed E-state index contributed by atoms with van der Waals surface area (Å²) < 4.78 is 0. The molecule has 0 aromatic rings. The number of aliphatic hydroxyl groups is 1. The van der Waals surface area contributed by atoms with Crippen LogP contribution in [-0.4, -0.2) is 11.2 Å². The highest BCUT2D eigenvalue weighted by molar-refractivity contribution is 5.25. The van der Waals surface area contributed by atoms with Gasteiger partial charge in [-0.05, 0) is 85.9 Å². The molecule has 0 aliphatic heterocycles. The van der Waals surface area contributed by atoms with Gasteiger partial charge < -0.3 is 5.11 Å². The van der Waals surface area contributed by atoms with Gasteiger partial charge in [-0.2, -0.15) is 0 Å². The topological polar surface area (TPSA) is 20.2 Å². The Kier molecular flexibility index (Phi) is 2.17. The molecule has 1 N–H and O–H groups in total. The molecule has 0 aromatic carbocycles. The summed E-state index contributed by atoms with van der Waals surface area (Å²) in [6, 6.07) is 0. The van der Waals surface area contributed by atoms with Crippen LogP contribution in [0.4, 0.5) is 0 Å². The van der Waals surface area contributed by atoms with Crippen molar-refractivity contribution in [1.29, 1.82) is 0 Å². The van der Waals surface area contributed by atoms with Crippen LogP contribution in [0, 0.1) is 39.9 Å². The first-order valence-corrected chi connectivity index (χ1v) is 9.19. The number of fused-ring (bicyclic) bond motifs is 4. The van der Waals surface area contributed by atoms with Crippen molar-refractivity contribution in [2.24, 2.45) is 39.9 Å². The summed E-state index contributed by atoms with van der Waals surface area (Å²) in [7, 11) is 0. The molecule has 8 atom stereocenters. The SMILES string of the molecule is C[C@@]12CCC[C@H]1[C@@H]1C[C@@H](O)[C@]34C[C@@H]3CC[C@]4(C)[C@H]1CC2. The summed E-state index contributed by atoms with van der Waals surface area (Å²) in [5.41, 5.74) is 1.49. The highest BCUT2D eigenvalue weighted by atomic mass is 16.3. The molecule has 0 unspecified atom stereocenters. The molecular weight excluding hydrogens is 244 g/mol. The van der Waals surface area contributed by atoms with Gasteiger partial charge in [-0.15, -0.1) is 0 Å². The summed E-state index contributed by atoms with van der Waals surface area (Å²) in [6.07, 6.45) is 12.7. The second-order valence-corrected chi connectivity index (χ2v) is 9.61. The van der Waals surface area contributed by atoms with Gasteiger partial charge in [0.1, 0.15) is 0 Å². The van der Waals surface area contributed by atoms with Gasteiger partial charge in [0.15, 0.2) is 0 Å². The molecule has 5 fully saturated rings. The molecule has 0 saturated heterocycles. The third kappa shape index (κ3) is 1.15. The van der Waals surface area contributed by atoms with Crippen molar-refractivity contribution in [2.75, 3.05) is 0 Å². The second-order valence-electron chi connectivity index (χ2n) is 9.61. The van der Waals surface area contributed by atoms with E-state index < -0.39 is 0 Å². The first-order chi connectivity index (χ1) is 9.51. The van der Waals surface area contributed by atoms with Gasteiger partial charge in [-0.3, -0.25) is 0 Å². The van der Waals surface area contributed by atoms with Crippen molar-refractivity contribution < 1.29 is 5.11 Å². The molecule has 0 bridgehead atoms. The van der Waals surface area contributed by atoms with E-state index in [2.05, 4.69) is 13.8 Å². The predicted molar refractivity (Wildman–Crippen MR) is 80.2 cm³/mol. The maximum Gasteiger partial charge on any atom is 0.0607 e. The second kappa shape index (κ2) is 3.47. The zero-order valence-electron chi connectivity index (χ0n) is 13.2. The van der Waals surface area contributed by atoms with Crippen LogP contribution in [0.5, 0.6) is 0 Å². The van der Waals surface area contributed by atoms with E-state index >= 15 is 0 Å². The molecule has 5 aliphatic carbocycles. The van der Waals surface area contributed by atoms with E-state index in [9.17, 15) is 5.11 Å². The van der Waals surface area contributed by atoms with Gasteiger partial charge in [0, 0.05) is 5.41 Å². The maximum atomic E-state index is 11.0. The van der Waals surface area contributed by atoms with Crippen LogP contribution in [0.2, 0.25) is 0 Å². The molecule has 0 aromatic heterocycles. The molecule has 5 saturated carbocycles. The Balaban J connectivity index is 1.56. The average Bonchev–Trinajstić information content (AvgIpc) is 2.90. The minimum atomic E-state index is 0.0317. The third-order valence-corrected chi connectivity index (χ3v) is 9.35. The molecule has 1 spiro atoms. The number of rotatable bonds is 0. The lowest BCUT2D eigenvalue weighted by Crippen LogP contribution is -2.55. The van der Waals surface area contributed by atoms with E-state index in [1.165, 1.54) is 51.4 Å². The molecule has 5 aliphatic rings. The molecule has 0 amide bonds. The fourth-order valence-corrected chi connectivity index (χ4v) is 8.30. The smallest absolute Gasteiger partial charge is 0.0607 e. The lowest BCUT2D eigenvalue weighted by molar-refractivity contribution is -0.145. The number of hydrogen-bond donors (Lipinski definition) is 1. The first-order valence-electron chi connectivity index (χ1n) is 9.19. The van der Waals surface area contributed by atoms with E-state index in [1.807, 2.05) is 0 Å². The normalized spacial score (nSPS) is 67.0. The Morgan fingerprint density at radius 2 is 1.80 bits per heavy atom. The summed E-state index contributed by atoms with van der Waals surface area (Å²) in [5.74, 6) is 3.61. The first kappa shape index (κ1) is 12.5. The lowest BCUT2D eigenvalue weighted by Gasteiger charge is -2.59. The van der Waals surface area contributed by atoms with Gasteiger partial charge in [0.05, 0.1) is 6.10 Å². The van der Waals surface area contributed by atoms with Crippen LogP contribution in [-0.2, 0) is 0 Å². The summed E-state index contributed by atoms with van der Waals surface area (Å²) >= 11 is 0. The van der Waals surface area contributed by atoms with Gasteiger partial charge in [-0.1, -0.05) is 20.3 Å². The van der Waals surface area contributed by atoms with Gasteiger partial charge in [0.25, 0.3) is 0 Å². The summed E-state index contributed by atoms with van der Waals surface area (Å²) in [6.45, 7) is 5.15.